The molecular formula is C14H19N3O2. The van der Waals surface area contributed by atoms with Crippen molar-refractivity contribution in [3.05, 3.63) is 23.8 Å². The van der Waals surface area contributed by atoms with Gasteiger partial charge in [0.15, 0.2) is 17.5 Å². The van der Waals surface area contributed by atoms with Crippen LogP contribution in [0.4, 0.5) is 0 Å². The summed E-state index contributed by atoms with van der Waals surface area (Å²) < 4.78 is 11.1. The number of benzene rings is 1. The topological polar surface area (TPSA) is 54.9 Å². The van der Waals surface area contributed by atoms with Crippen molar-refractivity contribution in [3.8, 4) is 11.5 Å². The molecule has 0 saturated carbocycles. The van der Waals surface area contributed by atoms with Gasteiger partial charge in [-0.05, 0) is 30.5 Å². The zero-order chi connectivity index (χ0) is 12.9. The molecule has 0 spiro atoms. The van der Waals surface area contributed by atoms with Gasteiger partial charge in [0.2, 0.25) is 0 Å². The van der Waals surface area contributed by atoms with Crippen molar-refractivity contribution in [1.29, 1.82) is 0 Å². The largest absolute Gasteiger partial charge is 0.486 e. The molecule has 0 atom stereocenters. The molecule has 0 aliphatic carbocycles. The van der Waals surface area contributed by atoms with Gasteiger partial charge in [-0.25, -0.2) is 0 Å². The molecule has 1 aromatic rings. The molecule has 5 nitrogen and oxygen atoms in total. The van der Waals surface area contributed by atoms with Crippen molar-refractivity contribution in [2.45, 2.75) is 12.8 Å². The number of hydrogen-bond acceptors (Lipinski definition) is 5. The molecule has 5 heteroatoms. The van der Waals surface area contributed by atoms with Gasteiger partial charge in [-0.1, -0.05) is 6.07 Å². The lowest BCUT2D eigenvalue weighted by Gasteiger charge is -2.19. The summed E-state index contributed by atoms with van der Waals surface area (Å²) in [5.41, 5.74) is 1.24. The van der Waals surface area contributed by atoms with Crippen molar-refractivity contribution in [3.63, 3.8) is 0 Å². The Bertz CT molecular complexity index is 474. The highest BCUT2D eigenvalue weighted by Crippen LogP contribution is 2.30. The minimum atomic E-state index is 0.634. The van der Waals surface area contributed by atoms with Gasteiger partial charge in [-0.15, -0.1) is 0 Å². The first kappa shape index (κ1) is 12.1. The van der Waals surface area contributed by atoms with E-state index in [-0.39, 0.29) is 0 Å². The van der Waals surface area contributed by atoms with Crippen LogP contribution in [-0.4, -0.2) is 38.8 Å². The van der Waals surface area contributed by atoms with Crippen LogP contribution in [0.5, 0.6) is 11.5 Å². The van der Waals surface area contributed by atoms with Crippen molar-refractivity contribution in [2.75, 3.05) is 32.8 Å². The molecule has 102 valence electrons. The Hall–Kier alpha value is -1.91. The Labute approximate surface area is 113 Å². The molecule has 0 saturated heterocycles. The van der Waals surface area contributed by atoms with E-state index >= 15 is 0 Å². The maximum Gasteiger partial charge on any atom is 0.191 e. The van der Waals surface area contributed by atoms with Crippen molar-refractivity contribution in [1.82, 2.24) is 10.6 Å². The fraction of sp³-hybridized carbons (Fsp3) is 0.500. The first-order valence-corrected chi connectivity index (χ1v) is 6.82. The number of guanidine groups is 1. The van der Waals surface area contributed by atoms with Crippen LogP contribution in [0.15, 0.2) is 23.2 Å². The maximum atomic E-state index is 5.58. The molecule has 3 rings (SSSR count). The van der Waals surface area contributed by atoms with E-state index in [4.69, 9.17) is 9.47 Å². The number of nitrogens with zero attached hydrogens (tertiary/aromatic N) is 1. The monoisotopic (exact) mass is 261 g/mol. The van der Waals surface area contributed by atoms with Gasteiger partial charge < -0.3 is 20.1 Å². The number of nitrogens with one attached hydrogen (secondary N) is 2. The molecule has 2 aliphatic rings. The minimum Gasteiger partial charge on any atom is -0.486 e. The van der Waals surface area contributed by atoms with Gasteiger partial charge >= 0.3 is 0 Å². The van der Waals surface area contributed by atoms with Crippen LogP contribution in [0.25, 0.3) is 0 Å². The zero-order valence-corrected chi connectivity index (χ0v) is 10.9. The standard InChI is InChI=1S/C14H19N3O2/c1-5-15-14(16-6-1)17-7-4-11-2-3-12-13(10-11)19-9-8-18-12/h2-3,10H,1,4-9H2,(H2,15,16,17). The van der Waals surface area contributed by atoms with Gasteiger partial charge in [-0.2, -0.15) is 0 Å². The van der Waals surface area contributed by atoms with Crippen LogP contribution in [0.1, 0.15) is 12.0 Å². The van der Waals surface area contributed by atoms with Crippen LogP contribution < -0.4 is 20.1 Å². The average molecular weight is 261 g/mol. The summed E-state index contributed by atoms with van der Waals surface area (Å²) in [6.45, 7) is 4.06. The molecule has 2 aliphatic heterocycles. The van der Waals surface area contributed by atoms with E-state index < -0.39 is 0 Å². The van der Waals surface area contributed by atoms with Gasteiger partial charge in [0.25, 0.3) is 0 Å². The lowest BCUT2D eigenvalue weighted by Crippen LogP contribution is -2.41. The van der Waals surface area contributed by atoms with Gasteiger partial charge in [0.1, 0.15) is 13.2 Å². The third kappa shape index (κ3) is 3.10. The highest BCUT2D eigenvalue weighted by Gasteiger charge is 2.11. The molecular weight excluding hydrogens is 242 g/mol. The molecule has 19 heavy (non-hydrogen) atoms. The van der Waals surface area contributed by atoms with E-state index in [9.17, 15) is 0 Å². The van der Waals surface area contributed by atoms with Crippen LogP contribution in [0, 0.1) is 0 Å². The minimum absolute atomic E-state index is 0.634. The third-order valence-electron chi connectivity index (χ3n) is 3.21. The van der Waals surface area contributed by atoms with Crippen molar-refractivity contribution in [2.24, 2.45) is 4.99 Å². The Morgan fingerprint density at radius 3 is 2.95 bits per heavy atom. The predicted octanol–water partition coefficient (Wildman–Crippen LogP) is 0.939. The molecule has 1 aromatic carbocycles. The first-order valence-electron chi connectivity index (χ1n) is 6.82. The van der Waals surface area contributed by atoms with E-state index in [0.717, 1.165) is 49.9 Å². The van der Waals surface area contributed by atoms with Gasteiger partial charge in [0.05, 0.1) is 0 Å². The lowest BCUT2D eigenvalue weighted by atomic mass is 10.1. The molecule has 2 N–H and O–H groups in total. The summed E-state index contributed by atoms with van der Waals surface area (Å²) in [6.07, 6.45) is 2.06. The average Bonchev–Trinajstić information content (AvgIpc) is 2.48. The molecule has 0 amide bonds. The summed E-state index contributed by atoms with van der Waals surface area (Å²) in [4.78, 5) is 4.38. The summed E-state index contributed by atoms with van der Waals surface area (Å²) in [6, 6.07) is 6.14. The van der Waals surface area contributed by atoms with Crippen LogP contribution in [0.3, 0.4) is 0 Å². The van der Waals surface area contributed by atoms with E-state index in [1.54, 1.807) is 0 Å². The van der Waals surface area contributed by atoms with Crippen molar-refractivity contribution >= 4 is 5.96 Å². The van der Waals surface area contributed by atoms with Crippen molar-refractivity contribution < 1.29 is 9.47 Å². The molecule has 0 bridgehead atoms. The summed E-state index contributed by atoms with van der Waals surface area (Å²) in [5, 5.41) is 6.57. The molecule has 0 radical (unpaired) electrons. The predicted molar refractivity (Wildman–Crippen MR) is 74.1 cm³/mol. The highest BCUT2D eigenvalue weighted by molar-refractivity contribution is 5.80. The quantitative estimate of drug-likeness (QED) is 0.850. The van der Waals surface area contributed by atoms with Crippen LogP contribution in [-0.2, 0) is 6.42 Å². The second-order valence-electron chi connectivity index (χ2n) is 4.67. The van der Waals surface area contributed by atoms with Gasteiger partial charge in [0, 0.05) is 19.6 Å². The Kier molecular flexibility index (Phi) is 3.72. The number of aliphatic imine (C=N–C) groups is 1. The smallest absolute Gasteiger partial charge is 0.191 e. The molecule has 0 aromatic heterocycles. The first-order chi connectivity index (χ1) is 9.42. The normalized spacial score (nSPS) is 17.4. The summed E-state index contributed by atoms with van der Waals surface area (Å²) in [7, 11) is 0. The molecule has 2 heterocycles. The Balaban J connectivity index is 1.53. The second kappa shape index (κ2) is 5.82. The SMILES string of the molecule is c1cc2c(cc1CCNC1=NCCCN1)OCCO2. The Morgan fingerprint density at radius 2 is 2.11 bits per heavy atom. The highest BCUT2D eigenvalue weighted by atomic mass is 16.6. The number of hydrogen-bond donors (Lipinski definition) is 2. The summed E-state index contributed by atoms with van der Waals surface area (Å²) >= 11 is 0. The lowest BCUT2D eigenvalue weighted by molar-refractivity contribution is 0.171. The van der Waals surface area contributed by atoms with Gasteiger partial charge in [-0.3, -0.25) is 4.99 Å². The second-order valence-corrected chi connectivity index (χ2v) is 4.67. The summed E-state index contributed by atoms with van der Waals surface area (Å²) in [5.74, 6) is 2.63. The van der Waals surface area contributed by atoms with Crippen LogP contribution in [0.2, 0.25) is 0 Å². The number of rotatable bonds is 3. The fourth-order valence-electron chi connectivity index (χ4n) is 2.22. The number of ether oxygens (including phenoxy) is 2. The van der Waals surface area contributed by atoms with Crippen LogP contribution >= 0.6 is 0 Å². The van der Waals surface area contributed by atoms with E-state index in [0.29, 0.717) is 13.2 Å². The zero-order valence-electron chi connectivity index (χ0n) is 10.9. The maximum absolute atomic E-state index is 5.58. The fourth-order valence-corrected chi connectivity index (χ4v) is 2.22. The number of fused-ring (bicyclic) bond motifs is 1. The van der Waals surface area contributed by atoms with E-state index in [1.165, 1.54) is 5.56 Å². The van der Waals surface area contributed by atoms with E-state index in [2.05, 4.69) is 27.8 Å². The Morgan fingerprint density at radius 1 is 1.21 bits per heavy atom. The molecule has 0 fully saturated rings. The van der Waals surface area contributed by atoms with E-state index in [1.807, 2.05) is 6.07 Å². The molecule has 0 unspecified atom stereocenters. The third-order valence-corrected chi connectivity index (χ3v) is 3.21.